The minimum atomic E-state index is -3.72. The number of rotatable bonds is 4. The summed E-state index contributed by atoms with van der Waals surface area (Å²) in [5, 5.41) is 5.08. The average molecular weight is 397 g/mol. The van der Waals surface area contributed by atoms with Gasteiger partial charge in [-0.25, -0.2) is 13.6 Å². The van der Waals surface area contributed by atoms with E-state index in [9.17, 15) is 13.2 Å². The second kappa shape index (κ2) is 6.82. The molecule has 1 amide bonds. The molecule has 2 aromatic rings. The maximum Gasteiger partial charge on any atom is 0.254 e. The summed E-state index contributed by atoms with van der Waals surface area (Å²) < 4.78 is 23.4. The Labute approximate surface area is 144 Å². The molecule has 1 unspecified atom stereocenters. The number of sulfonamides is 1. The van der Waals surface area contributed by atoms with Crippen LogP contribution in [0.25, 0.3) is 0 Å². The van der Waals surface area contributed by atoms with Gasteiger partial charge in [0, 0.05) is 17.1 Å². The fourth-order valence-corrected chi connectivity index (χ4v) is 3.08. The second-order valence-electron chi connectivity index (χ2n) is 5.22. The van der Waals surface area contributed by atoms with Gasteiger partial charge in [-0.15, -0.1) is 0 Å². The molecule has 0 saturated carbocycles. The van der Waals surface area contributed by atoms with Crippen molar-refractivity contribution in [2.24, 2.45) is 5.14 Å². The highest BCUT2D eigenvalue weighted by molar-refractivity contribution is 9.10. The minimum Gasteiger partial charge on any atom is -0.335 e. The van der Waals surface area contributed by atoms with Gasteiger partial charge in [-0.1, -0.05) is 34.1 Å². The van der Waals surface area contributed by atoms with Gasteiger partial charge < -0.3 is 4.90 Å². The predicted molar refractivity (Wildman–Crippen MR) is 92.5 cm³/mol. The van der Waals surface area contributed by atoms with Gasteiger partial charge in [0.1, 0.15) is 0 Å². The normalized spacial score (nSPS) is 12.7. The number of carbonyl (C=O) groups excluding carboxylic acids is 1. The number of halogens is 1. The molecule has 0 radical (unpaired) electrons. The van der Waals surface area contributed by atoms with E-state index >= 15 is 0 Å². The highest BCUT2D eigenvalue weighted by Gasteiger charge is 2.19. The Kier molecular flexibility index (Phi) is 5.23. The molecular weight excluding hydrogens is 380 g/mol. The zero-order chi connectivity index (χ0) is 17.2. The summed E-state index contributed by atoms with van der Waals surface area (Å²) in [7, 11) is -2.01. The van der Waals surface area contributed by atoms with Crippen molar-refractivity contribution >= 4 is 31.9 Å². The van der Waals surface area contributed by atoms with Crippen LogP contribution in [0.3, 0.4) is 0 Å². The third kappa shape index (κ3) is 4.19. The Balaban J connectivity index is 2.22. The van der Waals surface area contributed by atoms with Crippen LogP contribution < -0.4 is 5.14 Å². The highest BCUT2D eigenvalue weighted by Crippen LogP contribution is 2.23. The van der Waals surface area contributed by atoms with E-state index < -0.39 is 10.0 Å². The molecule has 5 nitrogen and oxygen atoms in total. The van der Waals surface area contributed by atoms with E-state index in [2.05, 4.69) is 15.9 Å². The number of hydrogen-bond acceptors (Lipinski definition) is 3. The second-order valence-corrected chi connectivity index (χ2v) is 7.69. The predicted octanol–water partition coefficient (Wildman–Crippen LogP) is 2.93. The first kappa shape index (κ1) is 17.7. The molecule has 0 aromatic heterocycles. The zero-order valence-electron chi connectivity index (χ0n) is 12.7. The van der Waals surface area contributed by atoms with Crippen LogP contribution in [0.1, 0.15) is 28.9 Å². The summed E-state index contributed by atoms with van der Waals surface area (Å²) >= 11 is 3.35. The summed E-state index contributed by atoms with van der Waals surface area (Å²) in [6.07, 6.45) is 0. The fourth-order valence-electron chi connectivity index (χ4n) is 2.16. The zero-order valence-corrected chi connectivity index (χ0v) is 15.1. The quantitative estimate of drug-likeness (QED) is 0.862. The molecule has 1 atom stereocenters. The van der Waals surface area contributed by atoms with Gasteiger partial charge in [-0.2, -0.15) is 0 Å². The van der Waals surface area contributed by atoms with Crippen molar-refractivity contribution < 1.29 is 13.2 Å². The molecule has 2 N–H and O–H groups in total. The van der Waals surface area contributed by atoms with Crippen molar-refractivity contribution in [2.45, 2.75) is 17.9 Å². The van der Waals surface area contributed by atoms with Crippen LogP contribution in [0, 0.1) is 0 Å². The number of amides is 1. The van der Waals surface area contributed by atoms with Crippen molar-refractivity contribution in [3.05, 3.63) is 64.1 Å². The number of primary sulfonamides is 1. The Hall–Kier alpha value is -1.70. The summed E-state index contributed by atoms with van der Waals surface area (Å²) in [6.45, 7) is 1.88. The van der Waals surface area contributed by atoms with E-state index in [1.165, 1.54) is 12.1 Å². The first-order chi connectivity index (χ1) is 10.7. The van der Waals surface area contributed by atoms with Crippen LogP contribution in [0.4, 0.5) is 0 Å². The van der Waals surface area contributed by atoms with E-state index in [0.29, 0.717) is 5.56 Å². The summed E-state index contributed by atoms with van der Waals surface area (Å²) in [4.78, 5) is 14.2. The topological polar surface area (TPSA) is 80.5 Å². The van der Waals surface area contributed by atoms with Crippen LogP contribution >= 0.6 is 15.9 Å². The third-order valence-corrected chi connectivity index (χ3v) is 5.09. The van der Waals surface area contributed by atoms with Crippen molar-refractivity contribution in [1.82, 2.24) is 4.90 Å². The van der Waals surface area contributed by atoms with E-state index in [4.69, 9.17) is 5.14 Å². The summed E-state index contributed by atoms with van der Waals surface area (Å²) in [5.41, 5.74) is 1.40. The average Bonchev–Trinajstić information content (AvgIpc) is 2.52. The lowest BCUT2D eigenvalue weighted by Gasteiger charge is -2.25. The highest BCUT2D eigenvalue weighted by atomic mass is 79.9. The van der Waals surface area contributed by atoms with E-state index in [1.807, 2.05) is 13.0 Å². The Morgan fingerprint density at radius 2 is 1.78 bits per heavy atom. The van der Waals surface area contributed by atoms with E-state index in [-0.39, 0.29) is 16.8 Å². The van der Waals surface area contributed by atoms with Gasteiger partial charge in [0.2, 0.25) is 10.0 Å². The molecule has 0 aliphatic carbocycles. The molecule has 0 heterocycles. The molecule has 7 heteroatoms. The van der Waals surface area contributed by atoms with Gasteiger partial charge in [-0.05, 0) is 42.8 Å². The van der Waals surface area contributed by atoms with Gasteiger partial charge in [0.25, 0.3) is 5.91 Å². The largest absolute Gasteiger partial charge is 0.335 e. The van der Waals surface area contributed by atoms with Crippen molar-refractivity contribution in [3.63, 3.8) is 0 Å². The SMILES string of the molecule is CC(c1ccc(S(N)(=O)=O)cc1)N(C)C(=O)c1cccc(Br)c1. The number of hydrogen-bond donors (Lipinski definition) is 1. The first-order valence-corrected chi connectivity index (χ1v) is 9.19. The molecule has 23 heavy (non-hydrogen) atoms. The number of nitrogens with zero attached hydrogens (tertiary/aromatic N) is 1. The Bertz CT molecular complexity index is 819. The lowest BCUT2D eigenvalue weighted by Crippen LogP contribution is -2.29. The number of nitrogens with two attached hydrogens (primary N) is 1. The molecule has 122 valence electrons. The maximum atomic E-state index is 12.5. The standard InChI is InChI=1S/C16H17BrN2O3S/c1-11(12-6-8-15(9-7-12)23(18,21)22)19(2)16(20)13-4-3-5-14(17)10-13/h3-11H,1-2H3,(H2,18,21,22). The van der Waals surface area contributed by atoms with Gasteiger partial charge in [-0.3, -0.25) is 4.79 Å². The van der Waals surface area contributed by atoms with Crippen LogP contribution in [-0.2, 0) is 10.0 Å². The molecular formula is C16H17BrN2O3S. The van der Waals surface area contributed by atoms with Crippen LogP contribution in [-0.4, -0.2) is 26.3 Å². The van der Waals surface area contributed by atoms with Crippen LogP contribution in [0.15, 0.2) is 57.9 Å². The van der Waals surface area contributed by atoms with E-state index in [0.717, 1.165) is 10.0 Å². The van der Waals surface area contributed by atoms with Crippen LogP contribution in [0.2, 0.25) is 0 Å². The van der Waals surface area contributed by atoms with Gasteiger partial charge in [0.05, 0.1) is 10.9 Å². The molecule has 0 fully saturated rings. The smallest absolute Gasteiger partial charge is 0.254 e. The maximum absolute atomic E-state index is 12.5. The first-order valence-electron chi connectivity index (χ1n) is 6.85. The number of carbonyl (C=O) groups is 1. The Morgan fingerprint density at radius 3 is 2.30 bits per heavy atom. The number of benzene rings is 2. The van der Waals surface area contributed by atoms with Crippen molar-refractivity contribution in [2.75, 3.05) is 7.05 Å². The Morgan fingerprint density at radius 1 is 1.17 bits per heavy atom. The summed E-state index contributed by atoms with van der Waals surface area (Å²) in [6, 6.07) is 13.2. The fraction of sp³-hybridized carbons (Fsp3) is 0.188. The molecule has 0 spiro atoms. The van der Waals surface area contributed by atoms with Crippen LogP contribution in [0.5, 0.6) is 0 Å². The minimum absolute atomic E-state index is 0.0504. The lowest BCUT2D eigenvalue weighted by molar-refractivity contribution is 0.0742. The monoisotopic (exact) mass is 396 g/mol. The molecule has 0 saturated heterocycles. The van der Waals surface area contributed by atoms with Crippen molar-refractivity contribution in [3.8, 4) is 0 Å². The molecule has 0 bridgehead atoms. The van der Waals surface area contributed by atoms with Gasteiger partial charge >= 0.3 is 0 Å². The third-order valence-electron chi connectivity index (χ3n) is 3.66. The molecule has 0 aliphatic rings. The van der Waals surface area contributed by atoms with E-state index in [1.54, 1.807) is 42.3 Å². The summed E-state index contributed by atoms with van der Waals surface area (Å²) in [5.74, 6) is -0.116. The van der Waals surface area contributed by atoms with Crippen molar-refractivity contribution in [1.29, 1.82) is 0 Å². The molecule has 2 rings (SSSR count). The van der Waals surface area contributed by atoms with Gasteiger partial charge in [0.15, 0.2) is 0 Å². The molecule has 2 aromatic carbocycles. The lowest BCUT2D eigenvalue weighted by atomic mass is 10.1. The molecule has 0 aliphatic heterocycles.